The van der Waals surface area contributed by atoms with Crippen molar-refractivity contribution in [3.8, 4) is 0 Å². The second-order valence-corrected chi connectivity index (χ2v) is 11.6. The van der Waals surface area contributed by atoms with Crippen LogP contribution in [-0.4, -0.2) is 4.57 Å². The Labute approximate surface area is 228 Å². The molecule has 1 aromatic rings. The molecular weight excluding hydrogens is 436 g/mol. The van der Waals surface area contributed by atoms with Crippen molar-refractivity contribution in [3.63, 3.8) is 0 Å². The third kappa shape index (κ3) is 18.5. The highest BCUT2D eigenvalue weighted by Crippen LogP contribution is 2.14. The van der Waals surface area contributed by atoms with Crippen LogP contribution in [0.3, 0.4) is 0 Å². The Morgan fingerprint density at radius 3 is 1.33 bits per heavy atom. The summed E-state index contributed by atoms with van der Waals surface area (Å²) in [6.07, 6.45) is 41.5. The smallest absolute Gasteiger partial charge is 0.234 e. The Morgan fingerprint density at radius 1 is 0.472 bits per heavy atom. The van der Waals surface area contributed by atoms with Crippen molar-refractivity contribution in [2.75, 3.05) is 0 Å². The summed E-state index contributed by atoms with van der Waals surface area (Å²) >= 11 is 0. The van der Waals surface area contributed by atoms with E-state index in [4.69, 9.17) is 0 Å². The molecule has 0 aliphatic rings. The van der Waals surface area contributed by atoms with Crippen LogP contribution in [0.4, 0.5) is 0 Å². The fourth-order valence-corrected chi connectivity index (χ4v) is 5.62. The van der Waals surface area contributed by atoms with E-state index in [1.54, 1.807) is 5.82 Å². The summed E-state index contributed by atoms with van der Waals surface area (Å²) in [5.41, 5.74) is 0. The molecular formula is C34H67N2+. The zero-order valence-corrected chi connectivity index (χ0v) is 25.3. The van der Waals surface area contributed by atoms with Crippen LogP contribution >= 0.6 is 0 Å². The molecule has 0 saturated heterocycles. The van der Waals surface area contributed by atoms with Crippen LogP contribution in [0.2, 0.25) is 0 Å². The van der Waals surface area contributed by atoms with Crippen molar-refractivity contribution in [1.29, 1.82) is 0 Å². The third-order valence-corrected chi connectivity index (χ3v) is 8.10. The fourth-order valence-electron chi connectivity index (χ4n) is 5.62. The van der Waals surface area contributed by atoms with E-state index in [0.717, 1.165) is 0 Å². The van der Waals surface area contributed by atoms with E-state index < -0.39 is 0 Å². The minimum atomic E-state index is 1.22. The molecule has 0 saturated carbocycles. The minimum Gasteiger partial charge on any atom is -0.234 e. The lowest BCUT2D eigenvalue weighted by Gasteiger charge is -2.06. The van der Waals surface area contributed by atoms with Gasteiger partial charge in [-0.15, -0.1) is 0 Å². The first-order valence-electron chi connectivity index (χ1n) is 16.9. The van der Waals surface area contributed by atoms with Gasteiger partial charge in [-0.05, 0) is 32.1 Å². The van der Waals surface area contributed by atoms with Gasteiger partial charge in [0.25, 0.3) is 5.82 Å². The van der Waals surface area contributed by atoms with Gasteiger partial charge in [-0.2, -0.15) is 0 Å². The van der Waals surface area contributed by atoms with Crippen molar-refractivity contribution in [3.05, 3.63) is 18.2 Å². The molecule has 0 aromatic carbocycles. The van der Waals surface area contributed by atoms with Gasteiger partial charge < -0.3 is 0 Å². The van der Waals surface area contributed by atoms with Crippen LogP contribution < -0.4 is 4.57 Å². The highest BCUT2D eigenvalue weighted by Gasteiger charge is 2.16. The predicted octanol–water partition coefficient (Wildman–Crippen LogP) is 11.1. The van der Waals surface area contributed by atoms with Crippen LogP contribution in [0.1, 0.15) is 187 Å². The standard InChI is InChI=1S/C34H67N2/c1-4-7-10-13-14-15-16-17-18-19-20-21-22-23-24-25-28-31-36-33-32-35(30-27-12-9-6-3)34(36)29-26-11-8-5-2/h32-33H,4-31H2,1-3H3/q+1. The molecule has 0 N–H and O–H groups in total. The van der Waals surface area contributed by atoms with Gasteiger partial charge in [0, 0.05) is 6.42 Å². The van der Waals surface area contributed by atoms with Gasteiger partial charge in [0.05, 0.1) is 13.1 Å². The normalized spacial score (nSPS) is 11.5. The van der Waals surface area contributed by atoms with Crippen molar-refractivity contribution >= 4 is 0 Å². The van der Waals surface area contributed by atoms with Gasteiger partial charge in [0.1, 0.15) is 12.4 Å². The van der Waals surface area contributed by atoms with Crippen molar-refractivity contribution in [1.82, 2.24) is 4.57 Å². The molecule has 0 radical (unpaired) electrons. The predicted molar refractivity (Wildman–Crippen MR) is 161 cm³/mol. The molecule has 212 valence electrons. The number of hydrogen-bond acceptors (Lipinski definition) is 0. The highest BCUT2D eigenvalue weighted by molar-refractivity contribution is 4.84. The summed E-state index contributed by atoms with van der Waals surface area (Å²) in [7, 11) is 0. The Balaban J connectivity index is 2.07. The largest absolute Gasteiger partial charge is 0.256 e. The quantitative estimate of drug-likeness (QED) is 0.0794. The minimum absolute atomic E-state index is 1.22. The van der Waals surface area contributed by atoms with Gasteiger partial charge >= 0.3 is 0 Å². The maximum absolute atomic E-state index is 2.59. The molecule has 2 heteroatoms. The highest BCUT2D eigenvalue weighted by atomic mass is 15.1. The van der Waals surface area contributed by atoms with Crippen molar-refractivity contribution in [2.45, 2.75) is 201 Å². The molecule has 1 aromatic heterocycles. The van der Waals surface area contributed by atoms with Gasteiger partial charge in [0.15, 0.2) is 0 Å². The molecule has 0 atom stereocenters. The van der Waals surface area contributed by atoms with Gasteiger partial charge in [-0.25, -0.2) is 9.13 Å². The van der Waals surface area contributed by atoms with E-state index in [-0.39, 0.29) is 0 Å². The molecule has 1 rings (SSSR count). The van der Waals surface area contributed by atoms with Gasteiger partial charge in [-0.1, -0.05) is 149 Å². The molecule has 0 amide bonds. The van der Waals surface area contributed by atoms with Crippen molar-refractivity contribution < 1.29 is 4.57 Å². The summed E-state index contributed by atoms with van der Waals surface area (Å²) in [6, 6.07) is 0. The summed E-state index contributed by atoms with van der Waals surface area (Å²) in [5, 5.41) is 0. The second-order valence-electron chi connectivity index (χ2n) is 11.6. The molecule has 2 nitrogen and oxygen atoms in total. The Kier molecular flexibility index (Phi) is 23.9. The molecule has 0 spiro atoms. The van der Waals surface area contributed by atoms with E-state index in [0.29, 0.717) is 0 Å². The maximum Gasteiger partial charge on any atom is 0.256 e. The molecule has 36 heavy (non-hydrogen) atoms. The second kappa shape index (κ2) is 25.8. The van der Waals surface area contributed by atoms with Crippen LogP contribution in [0.5, 0.6) is 0 Å². The lowest BCUT2D eigenvalue weighted by molar-refractivity contribution is -0.704. The van der Waals surface area contributed by atoms with Crippen LogP contribution in [-0.2, 0) is 19.5 Å². The average molecular weight is 504 g/mol. The Morgan fingerprint density at radius 2 is 0.861 bits per heavy atom. The maximum atomic E-state index is 2.59. The number of hydrogen-bond donors (Lipinski definition) is 0. The fraction of sp³-hybridized carbons (Fsp3) is 0.912. The summed E-state index contributed by atoms with van der Waals surface area (Å²) in [6.45, 7) is 9.37. The van der Waals surface area contributed by atoms with E-state index in [1.807, 2.05) is 0 Å². The van der Waals surface area contributed by atoms with E-state index in [9.17, 15) is 0 Å². The number of imidazole rings is 1. The lowest BCUT2D eigenvalue weighted by Crippen LogP contribution is -2.37. The zero-order chi connectivity index (χ0) is 25.9. The van der Waals surface area contributed by atoms with Gasteiger partial charge in [0.2, 0.25) is 0 Å². The number of unbranched alkanes of at least 4 members (excludes halogenated alkanes) is 22. The summed E-state index contributed by atoms with van der Waals surface area (Å²) < 4.78 is 5.17. The molecule has 0 bridgehead atoms. The monoisotopic (exact) mass is 504 g/mol. The average Bonchev–Trinajstić information content (AvgIpc) is 3.27. The number of rotatable bonds is 28. The number of aryl methyl sites for hydroxylation is 2. The Hall–Kier alpha value is -0.790. The topological polar surface area (TPSA) is 8.81 Å². The number of nitrogens with zero attached hydrogens (tertiary/aromatic N) is 2. The van der Waals surface area contributed by atoms with E-state index >= 15 is 0 Å². The van der Waals surface area contributed by atoms with E-state index in [2.05, 4.69) is 42.3 Å². The SMILES string of the molecule is CCCCCCCCCCCCCCCCCCC[n+]1ccn(CCCCCC)c1CCCCCC. The Bertz CT molecular complexity index is 562. The van der Waals surface area contributed by atoms with Gasteiger partial charge in [-0.3, -0.25) is 0 Å². The lowest BCUT2D eigenvalue weighted by atomic mass is 10.0. The first-order valence-corrected chi connectivity index (χ1v) is 16.9. The summed E-state index contributed by atoms with van der Waals surface area (Å²) in [4.78, 5) is 0. The van der Waals surface area contributed by atoms with Crippen molar-refractivity contribution in [2.24, 2.45) is 0 Å². The zero-order valence-electron chi connectivity index (χ0n) is 25.3. The first-order chi connectivity index (χ1) is 17.8. The molecule has 0 aliphatic carbocycles. The molecule has 0 unspecified atom stereocenters. The first kappa shape index (κ1) is 33.2. The van der Waals surface area contributed by atoms with Crippen LogP contribution in [0.25, 0.3) is 0 Å². The molecule has 0 fully saturated rings. The number of aromatic nitrogens is 2. The van der Waals surface area contributed by atoms with Crippen LogP contribution in [0, 0.1) is 0 Å². The van der Waals surface area contributed by atoms with E-state index in [1.165, 1.54) is 180 Å². The third-order valence-electron chi connectivity index (χ3n) is 8.10. The van der Waals surface area contributed by atoms with Crippen LogP contribution in [0.15, 0.2) is 12.4 Å². The summed E-state index contributed by atoms with van der Waals surface area (Å²) in [5.74, 6) is 1.60. The molecule has 1 heterocycles. The molecule has 0 aliphatic heterocycles.